The molecule has 1 aromatic carbocycles. The molecule has 0 radical (unpaired) electrons. The molecule has 0 N–H and O–H groups in total. The second-order valence-electron chi connectivity index (χ2n) is 7.01. The quantitative estimate of drug-likeness (QED) is 0.503. The van der Waals surface area contributed by atoms with Gasteiger partial charge in [0.05, 0.1) is 0 Å². The summed E-state index contributed by atoms with van der Waals surface area (Å²) in [7, 11) is 8.71. The van der Waals surface area contributed by atoms with Gasteiger partial charge in [0, 0.05) is 14.1 Å². The van der Waals surface area contributed by atoms with Gasteiger partial charge in [-0.25, -0.2) is 0 Å². The van der Waals surface area contributed by atoms with Gasteiger partial charge in [-0.15, -0.1) is 11.6 Å². The van der Waals surface area contributed by atoms with Crippen molar-refractivity contribution in [2.75, 3.05) is 19.0 Å². The molecule has 19 heavy (non-hydrogen) atoms. The van der Waals surface area contributed by atoms with Gasteiger partial charge in [-0.3, -0.25) is 0 Å². The molecule has 0 aliphatic rings. The summed E-state index contributed by atoms with van der Waals surface area (Å²) in [5, 5.41) is 0. The van der Waals surface area contributed by atoms with E-state index in [-0.39, 0.29) is 10.8 Å². The third-order valence-electron chi connectivity index (χ3n) is 2.96. The molecule has 112 valence electrons. The molecule has 0 unspecified atom stereocenters. The van der Waals surface area contributed by atoms with E-state index in [0.29, 0.717) is 0 Å². The van der Waals surface area contributed by atoms with Gasteiger partial charge in [0.25, 0.3) is 0 Å². The first-order valence-electron chi connectivity index (χ1n) is 6.40. The van der Waals surface area contributed by atoms with Gasteiger partial charge in [0.2, 0.25) is 0 Å². The van der Waals surface area contributed by atoms with Crippen LogP contribution >= 0.6 is 9.53 Å². The standard InChI is InChI=1S/C16H26N.ClH.Pd/c1-15(2,3)12-10-9-11-13(17(7)8)14(12)16(4,5)6;;/h9,11H,1-8H3;1H;/q-1;;+2/p-1. The number of nitrogens with zero attached hydrogens (tertiary/aromatic N) is 1. The summed E-state index contributed by atoms with van der Waals surface area (Å²) in [5.74, 6) is 0. The molecule has 0 aliphatic carbocycles. The van der Waals surface area contributed by atoms with Crippen molar-refractivity contribution in [3.8, 4) is 0 Å². The average Bonchev–Trinajstić information content (AvgIpc) is 2.28. The Morgan fingerprint density at radius 3 is 1.79 bits per heavy atom. The third-order valence-corrected chi connectivity index (χ3v) is 2.96. The first kappa shape index (κ1) is 19.0. The van der Waals surface area contributed by atoms with Crippen LogP contribution in [0.15, 0.2) is 12.1 Å². The van der Waals surface area contributed by atoms with Gasteiger partial charge in [0.1, 0.15) is 0 Å². The van der Waals surface area contributed by atoms with Crippen LogP contribution in [0.25, 0.3) is 0 Å². The van der Waals surface area contributed by atoms with Crippen LogP contribution in [0.4, 0.5) is 5.69 Å². The van der Waals surface area contributed by atoms with Crippen molar-refractivity contribution < 1.29 is 18.2 Å². The summed E-state index contributed by atoms with van der Waals surface area (Å²) < 4.78 is 0. The summed E-state index contributed by atoms with van der Waals surface area (Å²) in [6.45, 7) is 13.6. The molecule has 0 heterocycles. The third kappa shape index (κ3) is 5.10. The van der Waals surface area contributed by atoms with Crippen LogP contribution in [0.5, 0.6) is 0 Å². The summed E-state index contributed by atoms with van der Waals surface area (Å²) >= 11 is 2.22. The van der Waals surface area contributed by atoms with Gasteiger partial charge in [-0.05, 0) is 5.41 Å². The molecule has 0 saturated carbocycles. The molecule has 1 aromatic rings. The van der Waals surface area contributed by atoms with Crippen LogP contribution in [0.1, 0.15) is 52.7 Å². The van der Waals surface area contributed by atoms with Crippen molar-refractivity contribution in [2.24, 2.45) is 0 Å². The van der Waals surface area contributed by atoms with Crippen LogP contribution in [0.2, 0.25) is 0 Å². The Balaban J connectivity index is 0.00000154. The minimum atomic E-state index is 0.134. The summed E-state index contributed by atoms with van der Waals surface area (Å²) in [5.41, 5.74) is 4.32. The number of halogens is 1. The molecule has 0 aromatic heterocycles. The Labute approximate surface area is 134 Å². The van der Waals surface area contributed by atoms with E-state index in [4.69, 9.17) is 0 Å². The second-order valence-corrected chi connectivity index (χ2v) is 7.01. The van der Waals surface area contributed by atoms with Gasteiger partial charge in [0.15, 0.2) is 0 Å². The molecule has 0 fully saturated rings. The zero-order chi connectivity index (χ0) is 15.4. The van der Waals surface area contributed by atoms with Crippen molar-refractivity contribution in [1.82, 2.24) is 0 Å². The fourth-order valence-corrected chi connectivity index (χ4v) is 2.21. The number of hydrogen-bond donors (Lipinski definition) is 0. The summed E-state index contributed by atoms with van der Waals surface area (Å²) in [4.78, 5) is 2.20. The van der Waals surface area contributed by atoms with E-state index in [2.05, 4.69) is 100 Å². The van der Waals surface area contributed by atoms with E-state index in [9.17, 15) is 0 Å². The van der Waals surface area contributed by atoms with E-state index < -0.39 is 0 Å². The molecule has 0 spiro atoms. The van der Waals surface area contributed by atoms with E-state index in [1.807, 2.05) is 6.07 Å². The Hall–Kier alpha value is -0.0277. The zero-order valence-corrected chi connectivity index (χ0v) is 15.6. The topological polar surface area (TPSA) is 3.24 Å². The summed E-state index contributed by atoms with van der Waals surface area (Å²) in [6.07, 6.45) is 0. The minimum absolute atomic E-state index is 0.134. The molecule has 1 nitrogen and oxygen atoms in total. The maximum atomic E-state index is 4.49. The van der Waals surface area contributed by atoms with Crippen molar-refractivity contribution in [1.29, 1.82) is 0 Å². The van der Waals surface area contributed by atoms with Crippen molar-refractivity contribution >= 4 is 15.2 Å². The Bertz CT molecular complexity index is 400. The molecule has 0 amide bonds. The molecule has 3 heteroatoms. The Morgan fingerprint density at radius 1 is 1.00 bits per heavy atom. The number of hydrogen-bond acceptors (Lipinski definition) is 1. The maximum absolute atomic E-state index is 4.49. The predicted octanol–water partition coefficient (Wildman–Crippen LogP) is 4.83. The molecule has 0 saturated heterocycles. The molecule has 0 aliphatic heterocycles. The van der Waals surface area contributed by atoms with Crippen LogP contribution < -0.4 is 4.90 Å². The predicted molar refractivity (Wildman–Crippen MR) is 82.9 cm³/mol. The monoisotopic (exact) mass is 373 g/mol. The SMILES string of the molecule is CN(C)c1cc[c-]c(C(C)(C)C)c1C(C)(C)C.[Cl][Pd+]. The molecule has 0 atom stereocenters. The van der Waals surface area contributed by atoms with E-state index in [1.165, 1.54) is 16.8 Å². The van der Waals surface area contributed by atoms with Crippen molar-refractivity contribution in [2.45, 2.75) is 52.4 Å². The Kier molecular flexibility index (Phi) is 7.11. The van der Waals surface area contributed by atoms with Gasteiger partial charge >= 0.3 is 27.7 Å². The number of rotatable bonds is 1. The van der Waals surface area contributed by atoms with E-state index >= 15 is 0 Å². The molecule has 1 rings (SSSR count). The van der Waals surface area contributed by atoms with Gasteiger partial charge in [-0.1, -0.05) is 52.6 Å². The number of anilines is 1. The average molecular weight is 374 g/mol. The second kappa shape index (κ2) is 7.12. The van der Waals surface area contributed by atoms with Crippen molar-refractivity contribution in [3.05, 3.63) is 29.3 Å². The van der Waals surface area contributed by atoms with E-state index in [0.717, 1.165) is 0 Å². The van der Waals surface area contributed by atoms with Crippen LogP contribution in [0, 0.1) is 6.07 Å². The zero-order valence-electron chi connectivity index (χ0n) is 13.3. The van der Waals surface area contributed by atoms with Crippen LogP contribution in [-0.4, -0.2) is 14.1 Å². The first-order chi connectivity index (χ1) is 8.55. The van der Waals surface area contributed by atoms with Crippen molar-refractivity contribution in [3.63, 3.8) is 0 Å². The fraction of sp³-hybridized carbons (Fsp3) is 0.625. The normalized spacial score (nSPS) is 11.7. The van der Waals surface area contributed by atoms with Crippen LogP contribution in [0.3, 0.4) is 0 Å². The van der Waals surface area contributed by atoms with E-state index in [1.54, 1.807) is 0 Å². The molecule has 0 bridgehead atoms. The van der Waals surface area contributed by atoms with Gasteiger partial charge < -0.3 is 4.90 Å². The summed E-state index contributed by atoms with van der Waals surface area (Å²) in [6, 6.07) is 7.66. The van der Waals surface area contributed by atoms with Gasteiger partial charge in [-0.2, -0.15) is 17.7 Å². The molecular weight excluding hydrogens is 348 g/mol. The van der Waals surface area contributed by atoms with Crippen LogP contribution in [-0.2, 0) is 29.0 Å². The number of benzene rings is 1. The fourth-order valence-electron chi connectivity index (χ4n) is 2.21. The Morgan fingerprint density at radius 2 is 1.47 bits per heavy atom. The molecular formula is C16H26ClNPd. The first-order valence-corrected chi connectivity index (χ1v) is 8.40.